The van der Waals surface area contributed by atoms with Crippen LogP contribution < -0.4 is 0 Å². The zero-order valence-corrected chi connectivity index (χ0v) is 38.6. The smallest absolute Gasteiger partial charge is 0.462 e. The summed E-state index contributed by atoms with van der Waals surface area (Å²) in [7, 11) is -5.41. The summed E-state index contributed by atoms with van der Waals surface area (Å²) >= 11 is 0. The highest BCUT2D eigenvalue weighted by Gasteiger charge is 2.47. The van der Waals surface area contributed by atoms with Crippen LogP contribution in [0.5, 0.6) is 0 Å². The normalized spacial score (nSPS) is 31.0. The van der Waals surface area contributed by atoms with E-state index in [-0.39, 0.29) is 19.3 Å². The van der Waals surface area contributed by atoms with E-state index in [4.69, 9.17) is 18.5 Å². The van der Waals surface area contributed by atoms with E-state index < -0.39 is 99.4 Å². The lowest BCUT2D eigenvalue weighted by Crippen LogP contribution is -2.55. The number of aliphatic hydroxyl groups excluding tert-OH is 6. The minimum absolute atomic E-state index is 0.0267. The van der Waals surface area contributed by atoms with Gasteiger partial charge >= 0.3 is 19.8 Å². The number of carbonyl (C=O) groups excluding carboxylic acids is 3. The second kappa shape index (κ2) is 33.0. The maximum Gasteiger partial charge on any atom is 0.472 e. The average molecular weight is 915 g/mol. The lowest BCUT2D eigenvalue weighted by Gasteiger charge is -2.36. The fraction of sp³-hybridized carbons (Fsp3) is 0.766. The van der Waals surface area contributed by atoms with Crippen molar-refractivity contribution in [3.8, 4) is 0 Å². The van der Waals surface area contributed by atoms with Crippen molar-refractivity contribution < 1.29 is 73.0 Å². The number of hydrogen-bond donors (Lipinski definition) is 7. The molecule has 0 aromatic carbocycles. The van der Waals surface area contributed by atoms with Crippen molar-refractivity contribution in [2.45, 2.75) is 204 Å². The number of aliphatic hydroxyl groups is 6. The highest BCUT2D eigenvalue weighted by molar-refractivity contribution is 7.47. The summed E-state index contributed by atoms with van der Waals surface area (Å²) in [5, 5.41) is 66.9. The summed E-state index contributed by atoms with van der Waals surface area (Å²) in [6.07, 6.45) is 15.0. The van der Waals surface area contributed by atoms with Crippen molar-refractivity contribution in [1.29, 1.82) is 0 Å². The second-order valence-corrected chi connectivity index (χ2v) is 18.3. The number of phosphoric acid groups is 1. The fourth-order valence-electron chi connectivity index (χ4n) is 7.43. The molecule has 0 amide bonds. The van der Waals surface area contributed by atoms with Gasteiger partial charge in [-0.1, -0.05) is 127 Å². The predicted molar refractivity (Wildman–Crippen MR) is 239 cm³/mol. The Morgan fingerprint density at radius 1 is 0.825 bits per heavy atom. The summed E-state index contributed by atoms with van der Waals surface area (Å²) in [5.41, 5.74) is 0. The van der Waals surface area contributed by atoms with Crippen molar-refractivity contribution in [1.82, 2.24) is 0 Å². The lowest BCUT2D eigenvalue weighted by atomic mass is 9.87. The highest BCUT2D eigenvalue weighted by Crippen LogP contribution is 2.47. The van der Waals surface area contributed by atoms with Crippen LogP contribution in [0.3, 0.4) is 0 Å². The molecule has 0 aromatic heterocycles. The molecule has 63 heavy (non-hydrogen) atoms. The van der Waals surface area contributed by atoms with Gasteiger partial charge in [0.1, 0.15) is 31.0 Å². The van der Waals surface area contributed by atoms with Crippen molar-refractivity contribution in [2.24, 2.45) is 11.8 Å². The average Bonchev–Trinajstić information content (AvgIpc) is 3.26. The first kappa shape index (κ1) is 56.6. The van der Waals surface area contributed by atoms with Crippen molar-refractivity contribution in [3.05, 3.63) is 48.6 Å². The SMILES string of the molecule is CCCCCC/C=C\CCCCCCCCCC(=O)OC[C@@H]1COP(=O)(O)O[C@H]2[C@H](O)[C@@H](O)[C@H](O)[C@H](/C=C\C(=O)[C@H](/C=C/[C@@H](O)CCCCC)[C@@H](O)[C@H]2O)C/C=C\CCCC(=O)O1. The quantitative estimate of drug-likeness (QED) is 0.0242. The van der Waals surface area contributed by atoms with Gasteiger partial charge in [0, 0.05) is 18.8 Å². The molecule has 2 rings (SSSR count). The summed E-state index contributed by atoms with van der Waals surface area (Å²) < 4.78 is 34.6. The van der Waals surface area contributed by atoms with Crippen LogP contribution in [-0.2, 0) is 37.5 Å². The Kier molecular flexibility index (Phi) is 29.6. The molecule has 362 valence electrons. The summed E-state index contributed by atoms with van der Waals surface area (Å²) in [6, 6.07) is 0. The molecule has 0 fully saturated rings. The summed E-state index contributed by atoms with van der Waals surface area (Å²) in [4.78, 5) is 49.9. The van der Waals surface area contributed by atoms with Gasteiger partial charge in [-0.05, 0) is 63.9 Å². The molecule has 7 N–H and O–H groups in total. The maximum absolute atomic E-state index is 13.5. The molecule has 0 saturated heterocycles. The molecule has 1 heterocycles. The van der Waals surface area contributed by atoms with Gasteiger partial charge in [0.25, 0.3) is 0 Å². The predicted octanol–water partition coefficient (Wildman–Crippen LogP) is 6.78. The maximum atomic E-state index is 13.5. The highest BCUT2D eigenvalue weighted by atomic mass is 31.2. The molecule has 16 heteroatoms. The number of allylic oxidation sites excluding steroid dienone is 5. The standard InChI is InChI=1S/C47H79O15P/c1-3-5-7-8-9-10-11-12-13-14-15-16-17-18-23-27-40(50)59-33-37-34-60-63(57,58)62-47-45(55)43(53)38(31-30-36(48)26-21-6-4-2)39(49)32-29-35(42(52)44(54)46(47)56)25-22-19-20-24-28-41(51)61-37/h10-11,19,22,29-32,35-38,42-48,52-56H,3-9,12-18,20-21,23-28,33-34H2,1-2H3,(H,57,58)/b11-10-,22-19-,31-30+,32-29-/t35-,36-,37+,38-,42+,43+,44-,45+,46+,47+/m0/s1. The molecule has 2 aliphatic rings. The Morgan fingerprint density at radius 2 is 1.44 bits per heavy atom. The van der Waals surface area contributed by atoms with Crippen LogP contribution in [0.2, 0.25) is 0 Å². The first-order valence-corrected chi connectivity index (χ1v) is 25.0. The Labute approximate surface area is 375 Å². The van der Waals surface area contributed by atoms with Crippen LogP contribution in [0.4, 0.5) is 0 Å². The third-order valence-electron chi connectivity index (χ3n) is 11.4. The first-order chi connectivity index (χ1) is 30.2. The largest absolute Gasteiger partial charge is 0.472 e. The Morgan fingerprint density at radius 3 is 2.13 bits per heavy atom. The Balaban J connectivity index is 2.12. The van der Waals surface area contributed by atoms with Crippen molar-refractivity contribution in [3.63, 3.8) is 0 Å². The van der Waals surface area contributed by atoms with Crippen LogP contribution >= 0.6 is 7.82 Å². The fourth-order valence-corrected chi connectivity index (χ4v) is 8.40. The third-order valence-corrected chi connectivity index (χ3v) is 12.4. The van der Waals surface area contributed by atoms with Gasteiger partial charge in [0.15, 0.2) is 11.9 Å². The van der Waals surface area contributed by atoms with E-state index in [1.807, 2.05) is 6.92 Å². The third kappa shape index (κ3) is 24.0. The number of phosphoric ester groups is 1. The van der Waals surface area contributed by atoms with Crippen LogP contribution in [0.15, 0.2) is 48.6 Å². The topological polar surface area (TPSA) is 247 Å². The van der Waals surface area contributed by atoms with Crippen LogP contribution in [0.1, 0.15) is 155 Å². The van der Waals surface area contributed by atoms with Gasteiger partial charge in [-0.2, -0.15) is 0 Å². The van der Waals surface area contributed by atoms with E-state index >= 15 is 0 Å². The van der Waals surface area contributed by atoms with Gasteiger partial charge in [-0.25, -0.2) is 4.57 Å². The molecular formula is C47H79O15P. The summed E-state index contributed by atoms with van der Waals surface area (Å²) in [6.45, 7) is 2.84. The molecule has 0 spiro atoms. The molecular weight excluding hydrogens is 835 g/mol. The van der Waals surface area contributed by atoms with E-state index in [2.05, 4.69) is 19.1 Å². The van der Waals surface area contributed by atoms with Gasteiger partial charge < -0.3 is 45.0 Å². The number of rotatable bonds is 23. The van der Waals surface area contributed by atoms with Crippen molar-refractivity contribution in [2.75, 3.05) is 13.2 Å². The number of cyclic esters (lactones) is 1. The first-order valence-electron chi connectivity index (χ1n) is 23.5. The monoisotopic (exact) mass is 915 g/mol. The zero-order chi connectivity index (χ0) is 46.5. The second-order valence-electron chi connectivity index (χ2n) is 16.9. The molecule has 2 bridgehead atoms. The Bertz CT molecular complexity index is 1450. The number of unbranched alkanes of at least 4 members (excludes halogenated alkanes) is 13. The minimum atomic E-state index is -5.41. The molecule has 15 nitrogen and oxygen atoms in total. The molecule has 1 aliphatic heterocycles. The van der Waals surface area contributed by atoms with E-state index in [1.54, 1.807) is 12.2 Å². The van der Waals surface area contributed by atoms with Crippen LogP contribution in [0, 0.1) is 11.8 Å². The number of ketones is 1. The molecule has 1 aliphatic carbocycles. The molecule has 0 aromatic rings. The van der Waals surface area contributed by atoms with Gasteiger partial charge in [0.2, 0.25) is 0 Å². The minimum Gasteiger partial charge on any atom is -0.462 e. The number of fused-ring (bicyclic) bond motifs is 4. The zero-order valence-electron chi connectivity index (χ0n) is 37.7. The lowest BCUT2D eigenvalue weighted by molar-refractivity contribution is -0.164. The molecule has 0 saturated carbocycles. The number of carbonyl (C=O) groups is 3. The van der Waals surface area contributed by atoms with E-state index in [0.29, 0.717) is 32.1 Å². The Hall–Kier alpha value is -2.56. The molecule has 1 unspecified atom stereocenters. The van der Waals surface area contributed by atoms with E-state index in [0.717, 1.165) is 70.3 Å². The van der Waals surface area contributed by atoms with Crippen LogP contribution in [-0.4, -0.2) is 115 Å². The molecule has 0 radical (unpaired) electrons. The van der Waals surface area contributed by atoms with Gasteiger partial charge in [-0.3, -0.25) is 23.4 Å². The van der Waals surface area contributed by atoms with Gasteiger partial charge in [-0.15, -0.1) is 0 Å². The van der Waals surface area contributed by atoms with E-state index in [9.17, 15) is 54.5 Å². The van der Waals surface area contributed by atoms with E-state index in [1.165, 1.54) is 43.9 Å². The van der Waals surface area contributed by atoms with Gasteiger partial charge in [0.05, 0.1) is 30.8 Å². The number of ether oxygens (including phenoxy) is 2. The van der Waals surface area contributed by atoms with Crippen molar-refractivity contribution >= 4 is 25.5 Å². The molecule has 11 atom stereocenters. The number of hydrogen-bond acceptors (Lipinski definition) is 14. The van der Waals surface area contributed by atoms with Crippen LogP contribution in [0.25, 0.3) is 0 Å². The number of esters is 2. The summed E-state index contributed by atoms with van der Waals surface area (Å²) in [5.74, 6) is -4.63.